The Morgan fingerprint density at radius 2 is 2.19 bits per heavy atom. The molecule has 3 heterocycles. The van der Waals surface area contributed by atoms with E-state index < -0.39 is 5.97 Å². The topological polar surface area (TPSA) is 58.0 Å². The van der Waals surface area contributed by atoms with Crippen LogP contribution in [0.25, 0.3) is 0 Å². The molecule has 1 aromatic heterocycles. The lowest BCUT2D eigenvalue weighted by atomic mass is 10.2. The molecule has 2 fully saturated rings. The number of nitrogens with one attached hydrogen (secondary N) is 1. The molecule has 0 radical (unpaired) electrons. The molecular formula is C15H23N3O3. The maximum Gasteiger partial charge on any atom is 0.373 e. The summed E-state index contributed by atoms with van der Waals surface area (Å²) < 4.78 is 10.2. The summed E-state index contributed by atoms with van der Waals surface area (Å²) in [5.41, 5.74) is 0. The third kappa shape index (κ3) is 3.45. The zero-order valence-electron chi connectivity index (χ0n) is 12.5. The molecule has 0 bridgehead atoms. The molecule has 6 nitrogen and oxygen atoms in total. The van der Waals surface area contributed by atoms with Gasteiger partial charge in [0, 0.05) is 45.3 Å². The molecule has 0 aromatic carbocycles. The first-order valence-electron chi connectivity index (χ1n) is 7.60. The monoisotopic (exact) mass is 293 g/mol. The van der Waals surface area contributed by atoms with Crippen LogP contribution in [-0.2, 0) is 11.3 Å². The second kappa shape index (κ2) is 6.60. The van der Waals surface area contributed by atoms with Gasteiger partial charge in [-0.2, -0.15) is 0 Å². The first kappa shape index (κ1) is 14.6. The minimum absolute atomic E-state index is 0.283. The number of piperazine rings is 1. The Hall–Kier alpha value is -1.37. The Balaban J connectivity index is 1.52. The number of esters is 1. The van der Waals surface area contributed by atoms with Crippen LogP contribution in [0.3, 0.4) is 0 Å². The highest BCUT2D eigenvalue weighted by molar-refractivity contribution is 5.86. The van der Waals surface area contributed by atoms with Gasteiger partial charge in [0.2, 0.25) is 5.76 Å². The number of hydrogen-bond donors (Lipinski definition) is 1. The van der Waals surface area contributed by atoms with Gasteiger partial charge in [0.25, 0.3) is 0 Å². The van der Waals surface area contributed by atoms with Crippen molar-refractivity contribution >= 4 is 5.97 Å². The minimum atomic E-state index is -0.415. The minimum Gasteiger partial charge on any atom is -0.463 e. The molecule has 1 unspecified atom stereocenters. The maximum absolute atomic E-state index is 11.4. The Labute approximate surface area is 125 Å². The lowest BCUT2D eigenvalue weighted by molar-refractivity contribution is 0.0561. The predicted molar refractivity (Wildman–Crippen MR) is 78.2 cm³/mol. The maximum atomic E-state index is 11.4. The van der Waals surface area contributed by atoms with E-state index in [-0.39, 0.29) is 5.76 Å². The summed E-state index contributed by atoms with van der Waals surface area (Å²) in [5, 5.41) is 3.39. The highest BCUT2D eigenvalue weighted by Crippen LogP contribution is 2.19. The molecule has 1 atom stereocenters. The van der Waals surface area contributed by atoms with Crippen molar-refractivity contribution in [1.29, 1.82) is 0 Å². The van der Waals surface area contributed by atoms with Crippen molar-refractivity contribution in [3.63, 3.8) is 0 Å². The molecule has 1 N–H and O–H groups in total. The normalized spacial score (nSPS) is 24.3. The van der Waals surface area contributed by atoms with E-state index in [1.807, 2.05) is 6.07 Å². The van der Waals surface area contributed by atoms with Crippen molar-refractivity contribution in [1.82, 2.24) is 15.1 Å². The molecule has 1 aromatic rings. The molecule has 3 rings (SSSR count). The number of methoxy groups -OCH3 is 1. The van der Waals surface area contributed by atoms with Gasteiger partial charge in [0.1, 0.15) is 5.76 Å². The number of carbonyl (C=O) groups is 1. The highest BCUT2D eigenvalue weighted by Gasteiger charge is 2.28. The fourth-order valence-corrected chi connectivity index (χ4v) is 3.19. The van der Waals surface area contributed by atoms with Gasteiger partial charge in [0.05, 0.1) is 13.7 Å². The van der Waals surface area contributed by atoms with E-state index in [0.29, 0.717) is 6.04 Å². The molecule has 0 amide bonds. The van der Waals surface area contributed by atoms with Gasteiger partial charge in [-0.25, -0.2) is 4.79 Å². The molecule has 6 heteroatoms. The van der Waals surface area contributed by atoms with Crippen molar-refractivity contribution < 1.29 is 13.9 Å². The first-order chi connectivity index (χ1) is 10.3. The van der Waals surface area contributed by atoms with Crippen LogP contribution in [0.15, 0.2) is 16.5 Å². The second-order valence-corrected chi connectivity index (χ2v) is 5.72. The summed E-state index contributed by atoms with van der Waals surface area (Å²) in [4.78, 5) is 16.4. The van der Waals surface area contributed by atoms with Gasteiger partial charge in [-0.05, 0) is 18.6 Å². The van der Waals surface area contributed by atoms with Crippen molar-refractivity contribution in [3.8, 4) is 0 Å². The van der Waals surface area contributed by atoms with Crippen LogP contribution in [0.2, 0.25) is 0 Å². The average Bonchev–Trinajstić information content (AvgIpc) is 3.17. The average molecular weight is 293 g/mol. The lowest BCUT2D eigenvalue weighted by Crippen LogP contribution is -2.49. The summed E-state index contributed by atoms with van der Waals surface area (Å²) >= 11 is 0. The molecule has 0 saturated carbocycles. The molecule has 2 aliphatic rings. The molecule has 0 aliphatic carbocycles. The Morgan fingerprint density at radius 3 is 2.95 bits per heavy atom. The highest BCUT2D eigenvalue weighted by atomic mass is 16.5. The van der Waals surface area contributed by atoms with E-state index in [1.54, 1.807) is 6.07 Å². The van der Waals surface area contributed by atoms with E-state index in [2.05, 4.69) is 19.9 Å². The van der Waals surface area contributed by atoms with Crippen LogP contribution in [0.5, 0.6) is 0 Å². The van der Waals surface area contributed by atoms with Crippen molar-refractivity contribution in [2.45, 2.75) is 19.0 Å². The van der Waals surface area contributed by atoms with E-state index in [4.69, 9.17) is 4.42 Å². The fourth-order valence-electron chi connectivity index (χ4n) is 3.19. The van der Waals surface area contributed by atoms with Gasteiger partial charge in [0.15, 0.2) is 0 Å². The Bertz CT molecular complexity index is 482. The predicted octanol–water partition coefficient (Wildman–Crippen LogP) is 0.546. The number of nitrogens with zero attached hydrogens (tertiary/aromatic N) is 2. The number of ether oxygens (including phenoxy) is 1. The van der Waals surface area contributed by atoms with Crippen molar-refractivity contribution in [3.05, 3.63) is 23.7 Å². The molecule has 21 heavy (non-hydrogen) atoms. The van der Waals surface area contributed by atoms with Crippen LogP contribution < -0.4 is 5.32 Å². The number of hydrogen-bond acceptors (Lipinski definition) is 6. The van der Waals surface area contributed by atoms with Crippen molar-refractivity contribution in [2.24, 2.45) is 0 Å². The van der Waals surface area contributed by atoms with Crippen molar-refractivity contribution in [2.75, 3.05) is 46.4 Å². The van der Waals surface area contributed by atoms with Gasteiger partial charge in [-0.3, -0.25) is 9.80 Å². The zero-order chi connectivity index (χ0) is 14.7. The quantitative estimate of drug-likeness (QED) is 0.818. The smallest absolute Gasteiger partial charge is 0.373 e. The Kier molecular flexibility index (Phi) is 4.57. The third-order valence-electron chi connectivity index (χ3n) is 4.34. The first-order valence-corrected chi connectivity index (χ1v) is 7.60. The van der Waals surface area contributed by atoms with Crippen LogP contribution in [0.4, 0.5) is 0 Å². The number of rotatable bonds is 4. The van der Waals surface area contributed by atoms with E-state index in [0.717, 1.165) is 51.6 Å². The lowest BCUT2D eigenvalue weighted by Gasteiger charge is -2.32. The van der Waals surface area contributed by atoms with Crippen LogP contribution in [-0.4, -0.2) is 68.2 Å². The van der Waals surface area contributed by atoms with Gasteiger partial charge >= 0.3 is 5.97 Å². The number of carbonyl (C=O) groups excluding carboxylic acids is 1. The summed E-state index contributed by atoms with van der Waals surface area (Å²) in [5.74, 6) is 0.697. The van der Waals surface area contributed by atoms with E-state index in [9.17, 15) is 4.79 Å². The van der Waals surface area contributed by atoms with Gasteiger partial charge in [-0.15, -0.1) is 0 Å². The Morgan fingerprint density at radius 1 is 1.38 bits per heavy atom. The zero-order valence-corrected chi connectivity index (χ0v) is 12.5. The SMILES string of the molecule is COC(=O)c1ccc(CN2CCC(N3CCNCC3)C2)o1. The third-order valence-corrected chi connectivity index (χ3v) is 4.34. The second-order valence-electron chi connectivity index (χ2n) is 5.72. The fraction of sp³-hybridized carbons (Fsp3) is 0.667. The summed E-state index contributed by atoms with van der Waals surface area (Å²) in [7, 11) is 1.36. The van der Waals surface area contributed by atoms with Crippen LogP contribution in [0, 0.1) is 0 Å². The largest absolute Gasteiger partial charge is 0.463 e. The van der Waals surface area contributed by atoms with E-state index >= 15 is 0 Å². The van der Waals surface area contributed by atoms with Gasteiger partial charge in [-0.1, -0.05) is 0 Å². The summed E-state index contributed by atoms with van der Waals surface area (Å²) in [6.07, 6.45) is 1.21. The molecule has 0 spiro atoms. The molecular weight excluding hydrogens is 270 g/mol. The van der Waals surface area contributed by atoms with Gasteiger partial charge < -0.3 is 14.5 Å². The van der Waals surface area contributed by atoms with E-state index in [1.165, 1.54) is 13.5 Å². The summed E-state index contributed by atoms with van der Waals surface area (Å²) in [6, 6.07) is 4.21. The number of likely N-dealkylation sites (tertiary alicyclic amines) is 1. The molecule has 2 aliphatic heterocycles. The molecule has 2 saturated heterocycles. The van der Waals surface area contributed by atoms with Crippen LogP contribution >= 0.6 is 0 Å². The summed E-state index contributed by atoms with van der Waals surface area (Å²) in [6.45, 7) is 7.41. The number of furan rings is 1. The standard InChI is InChI=1S/C15H23N3O3/c1-20-15(19)14-3-2-13(21-14)11-17-7-4-12(10-17)18-8-5-16-6-9-18/h2-3,12,16H,4-11H2,1H3. The van der Waals surface area contributed by atoms with Crippen LogP contribution in [0.1, 0.15) is 22.7 Å². The molecule has 116 valence electrons.